The van der Waals surface area contributed by atoms with Crippen LogP contribution in [0.25, 0.3) is 89.5 Å². The van der Waals surface area contributed by atoms with Crippen molar-refractivity contribution in [3.8, 4) is 67.7 Å². The summed E-state index contributed by atoms with van der Waals surface area (Å²) in [5, 5.41) is 2.17. The van der Waals surface area contributed by atoms with Gasteiger partial charge in [0.05, 0.1) is 39.5 Å². The fourth-order valence-corrected chi connectivity index (χ4v) is 6.32. The molecule has 234 valence electrons. The van der Waals surface area contributed by atoms with E-state index >= 15 is 0 Å². The first-order valence-electron chi connectivity index (χ1n) is 16.6. The lowest BCUT2D eigenvalue weighted by atomic mass is 10.0. The Morgan fingerprint density at radius 3 is 1.48 bits per heavy atom. The van der Waals surface area contributed by atoms with Crippen molar-refractivity contribution in [2.75, 3.05) is 0 Å². The van der Waals surface area contributed by atoms with Crippen LogP contribution in [-0.4, -0.2) is 24.9 Å². The van der Waals surface area contributed by atoms with Gasteiger partial charge in [-0.15, -0.1) is 0 Å². The van der Waals surface area contributed by atoms with Gasteiger partial charge in [0, 0.05) is 39.2 Å². The Hall–Kier alpha value is -6.85. The van der Waals surface area contributed by atoms with Crippen molar-refractivity contribution in [1.82, 2.24) is 24.9 Å². The molecule has 0 aliphatic rings. The third-order valence-electron chi connectivity index (χ3n) is 8.93. The molecule has 0 N–H and O–H groups in total. The number of pyridine rings is 3. The summed E-state index contributed by atoms with van der Waals surface area (Å²) in [7, 11) is 0. The molecule has 9 rings (SSSR count). The first kappa shape index (κ1) is 29.3. The molecule has 50 heavy (non-hydrogen) atoms. The molecular formula is C45H29N5. The van der Waals surface area contributed by atoms with Gasteiger partial charge in [-0.1, -0.05) is 121 Å². The molecule has 0 radical (unpaired) electrons. The Kier molecular flexibility index (Phi) is 7.41. The molecule has 9 aromatic rings. The van der Waals surface area contributed by atoms with Crippen molar-refractivity contribution in [3.63, 3.8) is 0 Å². The van der Waals surface area contributed by atoms with Crippen molar-refractivity contribution < 1.29 is 0 Å². The number of aromatic nitrogens is 5. The lowest BCUT2D eigenvalue weighted by Crippen LogP contribution is -1.96. The summed E-state index contributed by atoms with van der Waals surface area (Å²) in [6, 6.07) is 58.0. The second-order valence-electron chi connectivity index (χ2n) is 12.2. The van der Waals surface area contributed by atoms with Crippen molar-refractivity contribution in [1.29, 1.82) is 0 Å². The van der Waals surface area contributed by atoms with Crippen LogP contribution >= 0.6 is 0 Å². The average Bonchev–Trinajstić information content (AvgIpc) is 3.21. The summed E-state index contributed by atoms with van der Waals surface area (Å²) >= 11 is 0. The summed E-state index contributed by atoms with van der Waals surface area (Å²) in [5.41, 5.74) is 12.5. The zero-order valence-corrected chi connectivity index (χ0v) is 27.0. The van der Waals surface area contributed by atoms with Gasteiger partial charge in [-0.3, -0.25) is 4.98 Å². The molecular weight excluding hydrogens is 611 g/mol. The summed E-state index contributed by atoms with van der Waals surface area (Å²) in [6.07, 6.45) is 1.80. The van der Waals surface area contributed by atoms with Crippen LogP contribution in [0.3, 0.4) is 0 Å². The second kappa shape index (κ2) is 12.6. The van der Waals surface area contributed by atoms with Crippen LogP contribution in [0, 0.1) is 0 Å². The molecule has 0 amide bonds. The first-order chi connectivity index (χ1) is 24.7. The molecule has 5 heteroatoms. The summed E-state index contributed by atoms with van der Waals surface area (Å²) in [6.45, 7) is 0. The minimum absolute atomic E-state index is 0.695. The van der Waals surface area contributed by atoms with Crippen LogP contribution in [0.1, 0.15) is 0 Å². The Bertz CT molecular complexity index is 2580. The van der Waals surface area contributed by atoms with Crippen LogP contribution in [0.5, 0.6) is 0 Å². The first-order valence-corrected chi connectivity index (χ1v) is 16.6. The monoisotopic (exact) mass is 639 g/mol. The molecule has 0 bridgehead atoms. The highest BCUT2D eigenvalue weighted by Gasteiger charge is 2.12. The smallest absolute Gasteiger partial charge is 0.160 e. The molecule has 5 aromatic carbocycles. The maximum absolute atomic E-state index is 5.16. The summed E-state index contributed by atoms with van der Waals surface area (Å²) in [4.78, 5) is 24.6. The zero-order valence-electron chi connectivity index (χ0n) is 27.0. The van der Waals surface area contributed by atoms with E-state index in [0.29, 0.717) is 5.82 Å². The van der Waals surface area contributed by atoms with E-state index in [2.05, 4.69) is 102 Å². The van der Waals surface area contributed by atoms with Crippen LogP contribution in [-0.2, 0) is 0 Å². The van der Waals surface area contributed by atoms with Crippen molar-refractivity contribution in [2.24, 2.45) is 0 Å². The van der Waals surface area contributed by atoms with E-state index in [1.807, 2.05) is 72.8 Å². The third-order valence-corrected chi connectivity index (χ3v) is 8.93. The van der Waals surface area contributed by atoms with Crippen molar-refractivity contribution >= 4 is 21.8 Å². The largest absolute Gasteiger partial charge is 0.255 e. The Morgan fingerprint density at radius 1 is 0.280 bits per heavy atom. The quantitative estimate of drug-likeness (QED) is 0.181. The van der Waals surface area contributed by atoms with Crippen LogP contribution < -0.4 is 0 Å². The number of rotatable bonds is 6. The minimum Gasteiger partial charge on any atom is -0.255 e. The Balaban J connectivity index is 1.08. The molecule has 0 unspecified atom stereocenters. The van der Waals surface area contributed by atoms with E-state index in [0.717, 1.165) is 83.7 Å². The van der Waals surface area contributed by atoms with Gasteiger partial charge >= 0.3 is 0 Å². The number of benzene rings is 5. The highest BCUT2D eigenvalue weighted by molar-refractivity contribution is 5.90. The molecule has 4 heterocycles. The van der Waals surface area contributed by atoms with Gasteiger partial charge in [0.2, 0.25) is 0 Å². The topological polar surface area (TPSA) is 64.5 Å². The van der Waals surface area contributed by atoms with Gasteiger partial charge in [-0.25, -0.2) is 19.9 Å². The lowest BCUT2D eigenvalue weighted by molar-refractivity contribution is 1.18. The van der Waals surface area contributed by atoms with E-state index in [-0.39, 0.29) is 0 Å². The van der Waals surface area contributed by atoms with Crippen molar-refractivity contribution in [2.45, 2.75) is 0 Å². The second-order valence-corrected chi connectivity index (χ2v) is 12.2. The highest BCUT2D eigenvalue weighted by atomic mass is 14.9. The zero-order chi connectivity index (χ0) is 33.3. The van der Waals surface area contributed by atoms with E-state index in [1.165, 1.54) is 0 Å². The maximum Gasteiger partial charge on any atom is 0.160 e. The predicted octanol–water partition coefficient (Wildman–Crippen LogP) is 11.0. The van der Waals surface area contributed by atoms with E-state index < -0.39 is 0 Å². The van der Waals surface area contributed by atoms with Gasteiger partial charge in [0.25, 0.3) is 0 Å². The van der Waals surface area contributed by atoms with Gasteiger partial charge in [0.15, 0.2) is 5.82 Å². The maximum atomic E-state index is 5.16. The SMILES string of the molecule is c1ccc(-c2cc(-c3cccc(-c4ccc5ccc(-c6ccc7ccc(-c8ccccn8)nc7c6)cc5n4)c3)nc(-c3ccccc3)n2)cc1. The number of fused-ring (bicyclic) bond motifs is 2. The molecule has 0 fully saturated rings. The molecule has 4 aromatic heterocycles. The number of nitrogens with zero attached hydrogens (tertiary/aromatic N) is 5. The minimum atomic E-state index is 0.695. The Labute approximate surface area is 289 Å². The van der Waals surface area contributed by atoms with Gasteiger partial charge in [0.1, 0.15) is 0 Å². The Morgan fingerprint density at radius 2 is 0.820 bits per heavy atom. The molecule has 0 saturated carbocycles. The fourth-order valence-electron chi connectivity index (χ4n) is 6.32. The highest BCUT2D eigenvalue weighted by Crippen LogP contribution is 2.32. The molecule has 0 saturated heterocycles. The van der Waals surface area contributed by atoms with E-state index in [1.54, 1.807) is 6.20 Å². The molecule has 5 nitrogen and oxygen atoms in total. The number of hydrogen-bond acceptors (Lipinski definition) is 5. The molecule has 0 spiro atoms. The molecule has 0 aliphatic carbocycles. The normalized spacial score (nSPS) is 11.2. The van der Waals surface area contributed by atoms with Crippen LogP contribution in [0.2, 0.25) is 0 Å². The predicted molar refractivity (Wildman–Crippen MR) is 203 cm³/mol. The van der Waals surface area contributed by atoms with Gasteiger partial charge in [-0.05, 0) is 59.7 Å². The summed E-state index contributed by atoms with van der Waals surface area (Å²) < 4.78 is 0. The average molecular weight is 640 g/mol. The van der Waals surface area contributed by atoms with E-state index in [9.17, 15) is 0 Å². The van der Waals surface area contributed by atoms with Crippen molar-refractivity contribution in [3.05, 3.63) is 176 Å². The fraction of sp³-hybridized carbons (Fsp3) is 0. The van der Waals surface area contributed by atoms with E-state index in [4.69, 9.17) is 19.9 Å². The van der Waals surface area contributed by atoms with Gasteiger partial charge in [-0.2, -0.15) is 0 Å². The standard InChI is InChI=1S/C45H29N5/c1-3-10-30(11-4-1)43-29-44(50-45(49-43)33-12-5-2-6-13-33)37-15-9-14-36(26-37)38-23-21-31-17-19-34(27-41(31)47-38)35-20-18-32-22-24-40(48-42(32)28-35)39-16-7-8-25-46-39/h1-29H. The number of hydrogen-bond donors (Lipinski definition) is 0. The van der Waals surface area contributed by atoms with Crippen LogP contribution in [0.4, 0.5) is 0 Å². The van der Waals surface area contributed by atoms with Gasteiger partial charge < -0.3 is 0 Å². The lowest BCUT2D eigenvalue weighted by Gasteiger charge is -2.11. The third kappa shape index (κ3) is 5.78. The molecule has 0 aliphatic heterocycles. The van der Waals surface area contributed by atoms with Crippen LogP contribution in [0.15, 0.2) is 176 Å². The molecule has 0 atom stereocenters. The summed E-state index contributed by atoms with van der Waals surface area (Å²) in [5.74, 6) is 0.695.